The lowest BCUT2D eigenvalue weighted by Crippen LogP contribution is -2.42. The van der Waals surface area contributed by atoms with Crippen molar-refractivity contribution < 1.29 is 8.42 Å². The Hall–Kier alpha value is -2.19. The van der Waals surface area contributed by atoms with Crippen LogP contribution in [0.15, 0.2) is 51.0 Å². The maximum absolute atomic E-state index is 12.8. The van der Waals surface area contributed by atoms with Crippen LogP contribution in [0.25, 0.3) is 0 Å². The van der Waals surface area contributed by atoms with Gasteiger partial charge in [0.1, 0.15) is 0 Å². The monoisotopic (exact) mass is 337 g/mol. The zero-order valence-electron chi connectivity index (χ0n) is 13.4. The van der Waals surface area contributed by atoms with Crippen molar-refractivity contribution in [1.82, 2.24) is 13.4 Å². The Morgan fingerprint density at radius 3 is 2.22 bits per heavy atom. The molecular formula is C15H19N3O4S. The molecule has 0 bridgehead atoms. The van der Waals surface area contributed by atoms with Crippen molar-refractivity contribution in [2.75, 3.05) is 7.05 Å². The number of hydrogen-bond acceptors (Lipinski definition) is 4. The molecule has 1 unspecified atom stereocenters. The summed E-state index contributed by atoms with van der Waals surface area (Å²) in [6.45, 7) is 1.74. The average Bonchev–Trinajstić information content (AvgIpc) is 2.55. The minimum atomic E-state index is -4.04. The number of benzene rings is 1. The van der Waals surface area contributed by atoms with Gasteiger partial charge in [-0.25, -0.2) is 13.2 Å². The predicted molar refractivity (Wildman–Crippen MR) is 86.7 cm³/mol. The minimum absolute atomic E-state index is 0.424. The summed E-state index contributed by atoms with van der Waals surface area (Å²) in [5, 5.41) is 0. The van der Waals surface area contributed by atoms with Gasteiger partial charge in [-0.3, -0.25) is 9.36 Å². The van der Waals surface area contributed by atoms with Gasteiger partial charge in [0.25, 0.3) is 5.56 Å². The summed E-state index contributed by atoms with van der Waals surface area (Å²) >= 11 is 0. The van der Waals surface area contributed by atoms with Gasteiger partial charge < -0.3 is 4.57 Å². The zero-order chi connectivity index (χ0) is 17.4. The van der Waals surface area contributed by atoms with Gasteiger partial charge in [-0.05, 0) is 12.5 Å². The van der Waals surface area contributed by atoms with Gasteiger partial charge in [-0.1, -0.05) is 30.3 Å². The normalized spacial score (nSPS) is 13.3. The summed E-state index contributed by atoms with van der Waals surface area (Å²) in [7, 11) is 0.0342. The Morgan fingerprint density at radius 2 is 1.65 bits per heavy atom. The molecule has 1 atom stereocenters. The summed E-state index contributed by atoms with van der Waals surface area (Å²) < 4.78 is 28.6. The van der Waals surface area contributed by atoms with Crippen LogP contribution in [0, 0.1) is 0 Å². The smallest absolute Gasteiger partial charge is 0.302 e. The largest absolute Gasteiger partial charge is 0.330 e. The third-order valence-corrected chi connectivity index (χ3v) is 5.81. The number of hydrogen-bond donors (Lipinski definition) is 0. The standard InChI is InChI=1S/C15H19N3O4S/c1-11(12-8-6-5-7-9-12)18(4)23(21,22)13-10-16(2)15(20)17(3)14(13)19/h5-11H,1-4H3. The van der Waals surface area contributed by atoms with Crippen LogP contribution in [-0.4, -0.2) is 28.9 Å². The zero-order valence-corrected chi connectivity index (χ0v) is 14.2. The first-order chi connectivity index (χ1) is 10.7. The van der Waals surface area contributed by atoms with Crippen LogP contribution < -0.4 is 11.2 Å². The number of sulfonamides is 1. The molecule has 0 aliphatic carbocycles. The molecule has 2 rings (SSSR count). The molecule has 1 aromatic heterocycles. The number of aromatic nitrogens is 2. The number of rotatable bonds is 4. The maximum atomic E-state index is 12.8. The third-order valence-electron chi connectivity index (χ3n) is 3.90. The molecule has 0 spiro atoms. The van der Waals surface area contributed by atoms with Crippen molar-refractivity contribution in [3.8, 4) is 0 Å². The Balaban J connectivity index is 2.55. The van der Waals surface area contributed by atoms with Gasteiger partial charge in [0.15, 0.2) is 4.90 Å². The molecule has 1 heterocycles. The van der Waals surface area contributed by atoms with Crippen LogP contribution in [-0.2, 0) is 24.1 Å². The van der Waals surface area contributed by atoms with Crippen molar-refractivity contribution in [2.24, 2.45) is 14.1 Å². The molecule has 124 valence electrons. The van der Waals surface area contributed by atoms with Crippen LogP contribution in [0.4, 0.5) is 0 Å². The SMILES string of the molecule is CC(c1ccccc1)N(C)S(=O)(=O)c1cn(C)c(=O)n(C)c1=O. The van der Waals surface area contributed by atoms with E-state index in [2.05, 4.69) is 0 Å². The van der Waals surface area contributed by atoms with Crippen molar-refractivity contribution in [2.45, 2.75) is 17.9 Å². The first-order valence-electron chi connectivity index (χ1n) is 6.97. The average molecular weight is 337 g/mol. The molecule has 0 aliphatic rings. The van der Waals surface area contributed by atoms with E-state index in [1.165, 1.54) is 21.1 Å². The van der Waals surface area contributed by atoms with Gasteiger partial charge in [-0.2, -0.15) is 4.31 Å². The van der Waals surface area contributed by atoms with Gasteiger partial charge in [-0.15, -0.1) is 0 Å². The first-order valence-corrected chi connectivity index (χ1v) is 8.41. The Labute approximate surface area is 134 Å². The summed E-state index contributed by atoms with van der Waals surface area (Å²) in [5.74, 6) is 0. The number of nitrogens with zero attached hydrogens (tertiary/aromatic N) is 3. The van der Waals surface area contributed by atoms with Crippen molar-refractivity contribution in [1.29, 1.82) is 0 Å². The van der Waals surface area contributed by atoms with Gasteiger partial charge in [0.05, 0.1) is 0 Å². The molecule has 0 N–H and O–H groups in total. The summed E-state index contributed by atoms with van der Waals surface area (Å²) in [6.07, 6.45) is 1.06. The maximum Gasteiger partial charge on any atom is 0.330 e. The second kappa shape index (κ2) is 6.13. The molecular weight excluding hydrogens is 318 g/mol. The van der Waals surface area contributed by atoms with Crippen molar-refractivity contribution in [3.05, 3.63) is 62.9 Å². The lowest BCUT2D eigenvalue weighted by molar-refractivity contribution is 0.396. The van der Waals surface area contributed by atoms with Crippen LogP contribution >= 0.6 is 0 Å². The second-order valence-electron chi connectivity index (χ2n) is 5.36. The van der Waals surface area contributed by atoms with E-state index in [0.29, 0.717) is 0 Å². The molecule has 2 aromatic rings. The molecule has 0 saturated carbocycles. The highest BCUT2D eigenvalue weighted by molar-refractivity contribution is 7.89. The highest BCUT2D eigenvalue weighted by Crippen LogP contribution is 2.23. The highest BCUT2D eigenvalue weighted by Gasteiger charge is 2.30. The Morgan fingerprint density at radius 1 is 1.09 bits per heavy atom. The highest BCUT2D eigenvalue weighted by atomic mass is 32.2. The molecule has 8 heteroatoms. The summed E-state index contributed by atoms with van der Waals surface area (Å²) in [6, 6.07) is 8.65. The van der Waals surface area contributed by atoms with E-state index in [4.69, 9.17) is 0 Å². The third kappa shape index (κ3) is 2.99. The van der Waals surface area contributed by atoms with E-state index in [1.807, 2.05) is 30.3 Å². The van der Waals surface area contributed by atoms with E-state index >= 15 is 0 Å². The molecule has 1 aromatic carbocycles. The lowest BCUT2D eigenvalue weighted by Gasteiger charge is -2.24. The summed E-state index contributed by atoms with van der Waals surface area (Å²) in [4.78, 5) is 23.5. The van der Waals surface area contributed by atoms with Crippen LogP contribution in [0.1, 0.15) is 18.5 Å². The topological polar surface area (TPSA) is 81.4 Å². The van der Waals surface area contributed by atoms with Gasteiger partial charge in [0.2, 0.25) is 10.0 Å². The van der Waals surface area contributed by atoms with E-state index in [1.54, 1.807) is 6.92 Å². The molecule has 0 aliphatic heterocycles. The van der Waals surface area contributed by atoms with Gasteiger partial charge >= 0.3 is 5.69 Å². The predicted octanol–water partition coefficient (Wildman–Crippen LogP) is 0.466. The molecule has 0 fully saturated rings. The fourth-order valence-electron chi connectivity index (χ4n) is 2.26. The van der Waals surface area contributed by atoms with Crippen LogP contribution in [0.2, 0.25) is 0 Å². The molecule has 0 amide bonds. The fraction of sp³-hybridized carbons (Fsp3) is 0.333. The molecule has 7 nitrogen and oxygen atoms in total. The lowest BCUT2D eigenvalue weighted by atomic mass is 10.1. The van der Waals surface area contributed by atoms with E-state index in [0.717, 1.165) is 25.2 Å². The fourth-order valence-corrected chi connectivity index (χ4v) is 3.75. The molecule has 23 heavy (non-hydrogen) atoms. The Kier molecular flexibility index (Phi) is 4.58. The Bertz CT molecular complexity index is 929. The minimum Gasteiger partial charge on any atom is -0.302 e. The van der Waals surface area contributed by atoms with Gasteiger partial charge in [0, 0.05) is 33.4 Å². The molecule has 0 saturated heterocycles. The van der Waals surface area contributed by atoms with Crippen LogP contribution in [0.5, 0.6) is 0 Å². The summed E-state index contributed by atoms with van der Waals surface area (Å²) in [5.41, 5.74) is -0.604. The van der Waals surface area contributed by atoms with Crippen LogP contribution in [0.3, 0.4) is 0 Å². The van der Waals surface area contributed by atoms with Crippen molar-refractivity contribution >= 4 is 10.0 Å². The van der Waals surface area contributed by atoms with E-state index < -0.39 is 32.2 Å². The first kappa shape index (κ1) is 17.2. The quantitative estimate of drug-likeness (QED) is 0.812. The number of aryl methyl sites for hydroxylation is 1. The van der Waals surface area contributed by atoms with Crippen molar-refractivity contribution in [3.63, 3.8) is 0 Å². The molecule has 0 radical (unpaired) electrons. The van der Waals surface area contributed by atoms with E-state index in [-0.39, 0.29) is 0 Å². The van der Waals surface area contributed by atoms with E-state index in [9.17, 15) is 18.0 Å². The second-order valence-corrected chi connectivity index (χ2v) is 7.32.